The van der Waals surface area contributed by atoms with Gasteiger partial charge in [-0.1, -0.05) is 17.2 Å². The highest BCUT2D eigenvalue weighted by Crippen LogP contribution is 2.30. The number of benzene rings is 2. The molecule has 0 aliphatic carbocycles. The van der Waals surface area contributed by atoms with Crippen LogP contribution in [0.25, 0.3) is 0 Å². The smallest absolute Gasteiger partial charge is 0.255 e. The van der Waals surface area contributed by atoms with Crippen LogP contribution in [0.4, 0.5) is 11.4 Å². The third kappa shape index (κ3) is 3.82. The fourth-order valence-electron chi connectivity index (χ4n) is 3.32. The van der Waals surface area contributed by atoms with Gasteiger partial charge in [0.2, 0.25) is 5.91 Å². The Kier molecular flexibility index (Phi) is 4.74. The molecule has 0 spiro atoms. The van der Waals surface area contributed by atoms with Crippen LogP contribution in [-0.2, 0) is 0 Å². The Morgan fingerprint density at radius 1 is 0.960 bits per heavy atom. The highest BCUT2D eigenvalue weighted by Gasteiger charge is 2.19. The number of anilines is 2. The van der Waals surface area contributed by atoms with E-state index in [1.165, 1.54) is 0 Å². The summed E-state index contributed by atoms with van der Waals surface area (Å²) in [5.74, 6) is -0.691. The van der Waals surface area contributed by atoms with E-state index in [0.29, 0.717) is 16.8 Å². The Hall–Kier alpha value is -2.82. The molecule has 2 aromatic rings. The first-order valence-corrected chi connectivity index (χ1v) is 8.52. The van der Waals surface area contributed by atoms with Crippen molar-refractivity contribution in [3.63, 3.8) is 0 Å². The summed E-state index contributed by atoms with van der Waals surface area (Å²) < 4.78 is 0. The van der Waals surface area contributed by atoms with Crippen molar-refractivity contribution < 1.29 is 9.59 Å². The Balaban J connectivity index is 1.94. The Labute approximate surface area is 147 Å². The second-order valence-corrected chi connectivity index (χ2v) is 6.62. The van der Waals surface area contributed by atoms with Crippen molar-refractivity contribution in [2.75, 3.05) is 23.3 Å². The second-order valence-electron chi connectivity index (χ2n) is 6.62. The van der Waals surface area contributed by atoms with Crippen LogP contribution in [0.15, 0.2) is 36.4 Å². The Morgan fingerprint density at radius 3 is 2.20 bits per heavy atom. The van der Waals surface area contributed by atoms with Gasteiger partial charge in [0.25, 0.3) is 5.91 Å². The predicted octanol–water partition coefficient (Wildman–Crippen LogP) is 3.25. The van der Waals surface area contributed by atoms with Crippen LogP contribution in [0.2, 0.25) is 0 Å². The number of primary amides is 1. The molecule has 0 bridgehead atoms. The fourth-order valence-corrected chi connectivity index (χ4v) is 3.32. The summed E-state index contributed by atoms with van der Waals surface area (Å²) in [4.78, 5) is 26.5. The van der Waals surface area contributed by atoms with Crippen LogP contribution in [0.1, 0.15) is 44.7 Å². The topological polar surface area (TPSA) is 75.4 Å². The lowest BCUT2D eigenvalue weighted by Crippen LogP contribution is -2.22. The highest BCUT2D eigenvalue weighted by molar-refractivity contribution is 6.07. The maximum absolute atomic E-state index is 12.7. The highest BCUT2D eigenvalue weighted by atomic mass is 16.2. The molecule has 0 saturated carbocycles. The maximum atomic E-state index is 12.7. The molecule has 1 heterocycles. The molecule has 130 valence electrons. The summed E-state index contributed by atoms with van der Waals surface area (Å²) in [6, 6.07) is 11.0. The summed E-state index contributed by atoms with van der Waals surface area (Å²) >= 11 is 0. The number of hydrogen-bond donors (Lipinski definition) is 2. The summed E-state index contributed by atoms with van der Waals surface area (Å²) in [6.45, 7) is 5.82. The van der Waals surface area contributed by atoms with Crippen LogP contribution >= 0.6 is 0 Å². The molecule has 1 aliphatic rings. The van der Waals surface area contributed by atoms with Gasteiger partial charge in [0.05, 0.1) is 11.4 Å². The molecule has 2 aromatic carbocycles. The van der Waals surface area contributed by atoms with Gasteiger partial charge in [-0.25, -0.2) is 0 Å². The standard InChI is InChI=1S/C20H23N3O2/c1-13-9-14(2)11-16(10-13)20(25)22-17-12-15(19(21)24)5-6-18(17)23-7-3-4-8-23/h5-6,9-12H,3-4,7-8H2,1-2H3,(H2,21,24)(H,22,25). The van der Waals surface area contributed by atoms with E-state index in [4.69, 9.17) is 5.73 Å². The van der Waals surface area contributed by atoms with Crippen molar-refractivity contribution >= 4 is 23.2 Å². The summed E-state index contributed by atoms with van der Waals surface area (Å²) in [5.41, 5.74) is 10.0. The van der Waals surface area contributed by atoms with Gasteiger partial charge in [-0.2, -0.15) is 0 Å². The first-order valence-electron chi connectivity index (χ1n) is 8.52. The number of nitrogens with zero attached hydrogens (tertiary/aromatic N) is 1. The minimum atomic E-state index is -0.505. The van der Waals surface area contributed by atoms with Crippen molar-refractivity contribution in [3.8, 4) is 0 Å². The van der Waals surface area contributed by atoms with Gasteiger partial charge in [-0.05, 0) is 57.0 Å². The number of rotatable bonds is 4. The van der Waals surface area contributed by atoms with Gasteiger partial charge in [-0.15, -0.1) is 0 Å². The van der Waals surface area contributed by atoms with E-state index in [2.05, 4.69) is 10.2 Å². The number of aryl methyl sites for hydroxylation is 2. The van der Waals surface area contributed by atoms with Crippen LogP contribution < -0.4 is 16.0 Å². The Bertz CT molecular complexity index is 803. The van der Waals surface area contributed by atoms with Gasteiger partial charge in [0.1, 0.15) is 0 Å². The monoisotopic (exact) mass is 337 g/mol. The van der Waals surface area contributed by atoms with E-state index in [0.717, 1.165) is 42.7 Å². The minimum absolute atomic E-state index is 0.186. The number of hydrogen-bond acceptors (Lipinski definition) is 3. The first kappa shape index (κ1) is 17.0. The molecule has 1 saturated heterocycles. The van der Waals surface area contributed by atoms with E-state index in [9.17, 15) is 9.59 Å². The summed E-state index contributed by atoms with van der Waals surface area (Å²) in [6.07, 6.45) is 2.25. The molecule has 3 rings (SSSR count). The summed E-state index contributed by atoms with van der Waals surface area (Å²) in [5, 5.41) is 2.97. The number of nitrogens with two attached hydrogens (primary N) is 1. The zero-order valence-electron chi connectivity index (χ0n) is 14.6. The molecule has 0 unspecified atom stereocenters. The molecule has 1 aliphatic heterocycles. The first-order chi connectivity index (χ1) is 11.9. The van der Waals surface area contributed by atoms with Crippen LogP contribution in [0.3, 0.4) is 0 Å². The molecular formula is C20H23N3O2. The van der Waals surface area contributed by atoms with Crippen LogP contribution in [-0.4, -0.2) is 24.9 Å². The lowest BCUT2D eigenvalue weighted by Gasteiger charge is -2.22. The van der Waals surface area contributed by atoms with E-state index >= 15 is 0 Å². The van der Waals surface area contributed by atoms with Gasteiger partial charge in [0.15, 0.2) is 0 Å². The molecular weight excluding hydrogens is 314 g/mol. The number of nitrogens with one attached hydrogen (secondary N) is 1. The normalized spacial score (nSPS) is 13.8. The van der Waals surface area contributed by atoms with Crippen LogP contribution in [0.5, 0.6) is 0 Å². The number of carbonyl (C=O) groups is 2. The lowest BCUT2D eigenvalue weighted by atomic mass is 10.1. The second kappa shape index (κ2) is 6.97. The van der Waals surface area contributed by atoms with Crippen molar-refractivity contribution in [2.24, 2.45) is 5.73 Å². The van der Waals surface area contributed by atoms with E-state index in [1.54, 1.807) is 12.1 Å². The minimum Gasteiger partial charge on any atom is -0.370 e. The summed E-state index contributed by atoms with van der Waals surface area (Å²) in [7, 11) is 0. The molecule has 5 heteroatoms. The predicted molar refractivity (Wildman–Crippen MR) is 100 cm³/mol. The zero-order valence-corrected chi connectivity index (χ0v) is 14.6. The van der Waals surface area contributed by atoms with Crippen molar-refractivity contribution in [1.29, 1.82) is 0 Å². The van der Waals surface area contributed by atoms with Gasteiger partial charge in [0, 0.05) is 24.2 Å². The average molecular weight is 337 g/mol. The molecule has 0 aromatic heterocycles. The number of amides is 2. The third-order valence-corrected chi connectivity index (χ3v) is 4.46. The van der Waals surface area contributed by atoms with E-state index in [-0.39, 0.29) is 5.91 Å². The van der Waals surface area contributed by atoms with Crippen molar-refractivity contribution in [1.82, 2.24) is 0 Å². The zero-order chi connectivity index (χ0) is 18.0. The molecule has 2 amide bonds. The average Bonchev–Trinajstić information content (AvgIpc) is 3.08. The molecule has 3 N–H and O–H groups in total. The lowest BCUT2D eigenvalue weighted by molar-refractivity contribution is 0.0996. The molecule has 0 radical (unpaired) electrons. The fraction of sp³-hybridized carbons (Fsp3) is 0.300. The number of carbonyl (C=O) groups excluding carboxylic acids is 2. The van der Waals surface area contributed by atoms with Crippen molar-refractivity contribution in [3.05, 3.63) is 58.7 Å². The molecule has 5 nitrogen and oxygen atoms in total. The third-order valence-electron chi connectivity index (χ3n) is 4.46. The molecule has 0 atom stereocenters. The van der Waals surface area contributed by atoms with Gasteiger partial charge >= 0.3 is 0 Å². The van der Waals surface area contributed by atoms with E-state index in [1.807, 2.05) is 38.1 Å². The van der Waals surface area contributed by atoms with E-state index < -0.39 is 5.91 Å². The maximum Gasteiger partial charge on any atom is 0.255 e. The quantitative estimate of drug-likeness (QED) is 0.899. The van der Waals surface area contributed by atoms with Crippen LogP contribution in [0, 0.1) is 13.8 Å². The largest absolute Gasteiger partial charge is 0.370 e. The SMILES string of the molecule is Cc1cc(C)cc(C(=O)Nc2cc(C(N)=O)ccc2N2CCCC2)c1. The van der Waals surface area contributed by atoms with Crippen molar-refractivity contribution in [2.45, 2.75) is 26.7 Å². The molecule has 25 heavy (non-hydrogen) atoms. The molecule has 1 fully saturated rings. The Morgan fingerprint density at radius 2 is 1.60 bits per heavy atom. The van der Waals surface area contributed by atoms with Gasteiger partial charge < -0.3 is 16.0 Å². The van der Waals surface area contributed by atoms with Gasteiger partial charge in [-0.3, -0.25) is 9.59 Å².